The zero-order valence-corrected chi connectivity index (χ0v) is 10.2. The van der Waals surface area contributed by atoms with Crippen LogP contribution in [0.15, 0.2) is 0 Å². The first-order chi connectivity index (χ1) is 6.54. The van der Waals surface area contributed by atoms with E-state index in [1.54, 1.807) is 13.8 Å². The summed E-state index contributed by atoms with van der Waals surface area (Å²) in [4.78, 5) is 22.3. The van der Waals surface area contributed by atoms with Crippen molar-refractivity contribution in [2.45, 2.75) is 53.1 Å². The summed E-state index contributed by atoms with van der Waals surface area (Å²) in [5, 5.41) is 0. The standard InChI is InChI=1S/C11H21NO3/c1-10(2,3)15-8(13)6-7-11(4,5)9(12)14/h6-7H2,1-5H3,(H2,12,14). The molecule has 0 aliphatic rings. The average Bonchev–Trinajstić information content (AvgIpc) is 1.97. The van der Waals surface area contributed by atoms with Gasteiger partial charge in [-0.05, 0) is 27.2 Å². The minimum atomic E-state index is -0.656. The fourth-order valence-electron chi connectivity index (χ4n) is 0.930. The van der Waals surface area contributed by atoms with Gasteiger partial charge < -0.3 is 10.5 Å². The molecule has 0 saturated heterocycles. The van der Waals surface area contributed by atoms with Gasteiger partial charge in [-0.2, -0.15) is 0 Å². The summed E-state index contributed by atoms with van der Waals surface area (Å²) in [6.45, 7) is 8.87. The lowest BCUT2D eigenvalue weighted by Gasteiger charge is -2.22. The molecule has 4 nitrogen and oxygen atoms in total. The van der Waals surface area contributed by atoms with Gasteiger partial charge in [-0.15, -0.1) is 0 Å². The summed E-state index contributed by atoms with van der Waals surface area (Å²) in [6.07, 6.45) is 0.629. The Bertz CT molecular complexity index is 251. The Balaban J connectivity index is 4.07. The molecule has 15 heavy (non-hydrogen) atoms. The van der Waals surface area contributed by atoms with E-state index in [1.807, 2.05) is 20.8 Å². The zero-order chi connectivity index (χ0) is 12.3. The van der Waals surface area contributed by atoms with Gasteiger partial charge >= 0.3 is 5.97 Å². The van der Waals surface area contributed by atoms with Gasteiger partial charge in [0.2, 0.25) is 5.91 Å². The Morgan fingerprint density at radius 2 is 1.60 bits per heavy atom. The Hall–Kier alpha value is -1.06. The fraction of sp³-hybridized carbons (Fsp3) is 0.818. The van der Waals surface area contributed by atoms with Gasteiger partial charge in [0, 0.05) is 11.8 Å². The van der Waals surface area contributed by atoms with E-state index < -0.39 is 16.9 Å². The van der Waals surface area contributed by atoms with Gasteiger partial charge in [0.25, 0.3) is 0 Å². The minimum Gasteiger partial charge on any atom is -0.460 e. The number of nitrogens with two attached hydrogens (primary N) is 1. The average molecular weight is 215 g/mol. The largest absolute Gasteiger partial charge is 0.460 e. The van der Waals surface area contributed by atoms with Crippen molar-refractivity contribution >= 4 is 11.9 Å². The maximum absolute atomic E-state index is 11.4. The first-order valence-electron chi connectivity index (χ1n) is 5.06. The molecule has 0 aromatic rings. The van der Waals surface area contributed by atoms with Crippen LogP contribution in [0.5, 0.6) is 0 Å². The quantitative estimate of drug-likeness (QED) is 0.724. The molecule has 0 aromatic carbocycles. The van der Waals surface area contributed by atoms with E-state index in [-0.39, 0.29) is 12.4 Å². The second-order valence-electron chi connectivity index (χ2n) is 5.33. The van der Waals surface area contributed by atoms with Crippen molar-refractivity contribution in [1.29, 1.82) is 0 Å². The molecule has 0 aliphatic heterocycles. The van der Waals surface area contributed by atoms with E-state index >= 15 is 0 Å². The third kappa shape index (κ3) is 6.10. The molecule has 0 heterocycles. The number of hydrogen-bond acceptors (Lipinski definition) is 3. The third-order valence-corrected chi connectivity index (χ3v) is 2.04. The van der Waals surface area contributed by atoms with Crippen LogP contribution in [0.4, 0.5) is 0 Å². The van der Waals surface area contributed by atoms with Crippen LogP contribution in [-0.2, 0) is 14.3 Å². The Labute approximate surface area is 91.2 Å². The van der Waals surface area contributed by atoms with E-state index in [4.69, 9.17) is 10.5 Å². The molecular formula is C11H21NO3. The van der Waals surface area contributed by atoms with Gasteiger partial charge in [0.05, 0.1) is 0 Å². The summed E-state index contributed by atoms with van der Waals surface area (Å²) in [7, 11) is 0. The summed E-state index contributed by atoms with van der Waals surface area (Å²) in [5.74, 6) is -0.692. The molecule has 0 aliphatic carbocycles. The van der Waals surface area contributed by atoms with E-state index in [1.165, 1.54) is 0 Å². The van der Waals surface area contributed by atoms with Crippen molar-refractivity contribution in [1.82, 2.24) is 0 Å². The lowest BCUT2D eigenvalue weighted by atomic mass is 9.87. The van der Waals surface area contributed by atoms with Crippen molar-refractivity contribution in [2.75, 3.05) is 0 Å². The Morgan fingerprint density at radius 3 is 1.93 bits per heavy atom. The Kier molecular flexibility index (Phi) is 4.31. The highest BCUT2D eigenvalue weighted by Crippen LogP contribution is 2.22. The van der Waals surface area contributed by atoms with Gasteiger partial charge in [-0.25, -0.2) is 0 Å². The molecule has 0 bridgehead atoms. The number of primary amides is 1. The number of carbonyl (C=O) groups excluding carboxylic acids is 2. The maximum Gasteiger partial charge on any atom is 0.306 e. The Morgan fingerprint density at radius 1 is 1.13 bits per heavy atom. The lowest BCUT2D eigenvalue weighted by molar-refractivity contribution is -0.155. The van der Waals surface area contributed by atoms with Crippen molar-refractivity contribution in [2.24, 2.45) is 11.1 Å². The molecule has 0 unspecified atom stereocenters. The van der Waals surface area contributed by atoms with Crippen molar-refractivity contribution < 1.29 is 14.3 Å². The maximum atomic E-state index is 11.4. The second-order valence-corrected chi connectivity index (χ2v) is 5.33. The second kappa shape index (κ2) is 4.64. The van der Waals surface area contributed by atoms with Crippen molar-refractivity contribution in [3.8, 4) is 0 Å². The highest BCUT2D eigenvalue weighted by Gasteiger charge is 2.26. The SMILES string of the molecule is CC(C)(C)OC(=O)CCC(C)(C)C(N)=O. The molecule has 0 aromatic heterocycles. The molecule has 4 heteroatoms. The molecule has 1 amide bonds. The van der Waals surface area contributed by atoms with Crippen LogP contribution in [0.3, 0.4) is 0 Å². The van der Waals surface area contributed by atoms with Gasteiger partial charge in [-0.3, -0.25) is 9.59 Å². The van der Waals surface area contributed by atoms with E-state index in [9.17, 15) is 9.59 Å². The lowest BCUT2D eigenvalue weighted by Crippen LogP contribution is -2.32. The first kappa shape index (κ1) is 13.9. The van der Waals surface area contributed by atoms with E-state index in [2.05, 4.69) is 0 Å². The van der Waals surface area contributed by atoms with E-state index in [0.717, 1.165) is 0 Å². The zero-order valence-electron chi connectivity index (χ0n) is 10.2. The van der Waals surface area contributed by atoms with Gasteiger partial charge in [-0.1, -0.05) is 13.8 Å². The van der Waals surface area contributed by atoms with Crippen LogP contribution in [0.2, 0.25) is 0 Å². The molecule has 0 radical (unpaired) electrons. The first-order valence-corrected chi connectivity index (χ1v) is 5.06. The normalized spacial score (nSPS) is 12.3. The summed E-state index contributed by atoms with van der Waals surface area (Å²) in [5.41, 5.74) is 4.06. The molecule has 2 N–H and O–H groups in total. The number of rotatable bonds is 4. The summed E-state index contributed by atoms with van der Waals surface area (Å²) in [6, 6.07) is 0. The van der Waals surface area contributed by atoms with Crippen LogP contribution in [0.1, 0.15) is 47.5 Å². The van der Waals surface area contributed by atoms with Crippen molar-refractivity contribution in [3.05, 3.63) is 0 Å². The topological polar surface area (TPSA) is 69.4 Å². The number of hydrogen-bond donors (Lipinski definition) is 1. The monoisotopic (exact) mass is 215 g/mol. The number of esters is 1. The smallest absolute Gasteiger partial charge is 0.306 e. The third-order valence-electron chi connectivity index (χ3n) is 2.04. The van der Waals surface area contributed by atoms with Gasteiger partial charge in [0.15, 0.2) is 0 Å². The predicted molar refractivity (Wildman–Crippen MR) is 58.1 cm³/mol. The molecule has 0 fully saturated rings. The fourth-order valence-corrected chi connectivity index (χ4v) is 0.930. The van der Waals surface area contributed by atoms with Crippen LogP contribution in [0.25, 0.3) is 0 Å². The van der Waals surface area contributed by atoms with Crippen molar-refractivity contribution in [3.63, 3.8) is 0 Å². The number of amides is 1. The van der Waals surface area contributed by atoms with Crippen LogP contribution < -0.4 is 5.73 Å². The van der Waals surface area contributed by atoms with Crippen LogP contribution >= 0.6 is 0 Å². The molecule has 0 atom stereocenters. The summed E-state index contributed by atoms with van der Waals surface area (Å²) >= 11 is 0. The highest BCUT2D eigenvalue weighted by molar-refractivity contribution is 5.80. The molecule has 0 saturated carbocycles. The van der Waals surface area contributed by atoms with E-state index in [0.29, 0.717) is 6.42 Å². The minimum absolute atomic E-state index is 0.215. The molecular weight excluding hydrogens is 194 g/mol. The predicted octanol–water partition coefficient (Wildman–Crippen LogP) is 1.62. The number of ether oxygens (including phenoxy) is 1. The molecule has 88 valence electrons. The van der Waals surface area contributed by atoms with Crippen LogP contribution in [-0.4, -0.2) is 17.5 Å². The summed E-state index contributed by atoms with van der Waals surface area (Å²) < 4.78 is 5.12. The molecule has 0 spiro atoms. The highest BCUT2D eigenvalue weighted by atomic mass is 16.6. The van der Waals surface area contributed by atoms with Gasteiger partial charge in [0.1, 0.15) is 5.60 Å². The van der Waals surface area contributed by atoms with Crippen LogP contribution in [0, 0.1) is 5.41 Å². The number of carbonyl (C=O) groups is 2. The molecule has 0 rings (SSSR count).